The molecule has 0 aliphatic carbocycles. The van der Waals surface area contributed by atoms with Crippen LogP contribution in [0.4, 0.5) is 0 Å². The number of benzene rings is 2. The summed E-state index contributed by atoms with van der Waals surface area (Å²) in [7, 11) is 1.74. The second-order valence-electron chi connectivity index (χ2n) is 8.12. The Morgan fingerprint density at radius 3 is 2.97 bits per heavy atom. The molecule has 30 heavy (non-hydrogen) atoms. The summed E-state index contributed by atoms with van der Waals surface area (Å²) in [5.74, 6) is 1.28. The molecule has 1 saturated heterocycles. The molecule has 3 heterocycles. The predicted molar refractivity (Wildman–Crippen MR) is 118 cm³/mol. The van der Waals surface area contributed by atoms with E-state index in [2.05, 4.69) is 46.3 Å². The van der Waals surface area contributed by atoms with Gasteiger partial charge in [-0.25, -0.2) is 0 Å². The molecule has 2 aromatic carbocycles. The largest absolute Gasteiger partial charge is 0.496 e. The fourth-order valence-electron chi connectivity index (χ4n) is 4.85. The Hall–Kier alpha value is -3.30. The van der Waals surface area contributed by atoms with E-state index in [1.807, 2.05) is 24.4 Å². The van der Waals surface area contributed by atoms with Gasteiger partial charge in [-0.3, -0.25) is 4.68 Å². The Bertz CT molecular complexity index is 1260. The van der Waals surface area contributed by atoms with Crippen LogP contribution in [0, 0.1) is 24.2 Å². The lowest BCUT2D eigenvalue weighted by Gasteiger charge is -2.32. The van der Waals surface area contributed by atoms with E-state index < -0.39 is 0 Å². The number of methoxy groups -OCH3 is 1. The SMILES string of the molecule is COc1cc(C)c2[nH]ccc2c1C(C1CCCNC1)n1cc2ccc(C#N)cc2n1. The van der Waals surface area contributed by atoms with Crippen LogP contribution >= 0.6 is 0 Å². The molecule has 0 saturated carbocycles. The van der Waals surface area contributed by atoms with E-state index in [9.17, 15) is 5.26 Å². The molecular weight excluding hydrogens is 374 g/mol. The minimum Gasteiger partial charge on any atom is -0.496 e. The highest BCUT2D eigenvalue weighted by Crippen LogP contribution is 2.42. The summed E-state index contributed by atoms with van der Waals surface area (Å²) in [6.45, 7) is 4.10. The maximum Gasteiger partial charge on any atom is 0.125 e. The maximum absolute atomic E-state index is 9.27. The summed E-state index contributed by atoms with van der Waals surface area (Å²) in [5, 5.41) is 20.0. The lowest BCUT2D eigenvalue weighted by atomic mass is 9.85. The zero-order chi connectivity index (χ0) is 20.7. The van der Waals surface area contributed by atoms with Gasteiger partial charge in [0.15, 0.2) is 0 Å². The van der Waals surface area contributed by atoms with Gasteiger partial charge in [0.05, 0.1) is 30.3 Å². The normalized spacial score (nSPS) is 17.8. The van der Waals surface area contributed by atoms with E-state index in [1.54, 1.807) is 7.11 Å². The van der Waals surface area contributed by atoms with Gasteiger partial charge >= 0.3 is 0 Å². The quantitative estimate of drug-likeness (QED) is 0.536. The van der Waals surface area contributed by atoms with Gasteiger partial charge in [-0.1, -0.05) is 0 Å². The van der Waals surface area contributed by atoms with Crippen molar-refractivity contribution in [2.24, 2.45) is 5.92 Å². The van der Waals surface area contributed by atoms with E-state index in [1.165, 1.54) is 16.5 Å². The molecule has 6 heteroatoms. The number of aromatic nitrogens is 3. The van der Waals surface area contributed by atoms with Gasteiger partial charge < -0.3 is 15.0 Å². The molecule has 2 atom stereocenters. The van der Waals surface area contributed by atoms with Crippen molar-refractivity contribution >= 4 is 21.8 Å². The van der Waals surface area contributed by atoms with Gasteiger partial charge in [0.25, 0.3) is 0 Å². The number of hydrogen-bond acceptors (Lipinski definition) is 4. The van der Waals surface area contributed by atoms with Crippen LogP contribution in [0.15, 0.2) is 42.7 Å². The first-order valence-electron chi connectivity index (χ1n) is 10.4. The number of ether oxygens (including phenoxy) is 1. The molecule has 1 aliphatic heterocycles. The van der Waals surface area contributed by atoms with Crippen LogP contribution in [0.25, 0.3) is 21.8 Å². The van der Waals surface area contributed by atoms with Crippen LogP contribution in [-0.2, 0) is 0 Å². The van der Waals surface area contributed by atoms with Crippen molar-refractivity contribution in [1.29, 1.82) is 5.26 Å². The molecule has 2 unspecified atom stereocenters. The topological polar surface area (TPSA) is 78.7 Å². The molecule has 0 spiro atoms. The summed E-state index contributed by atoms with van der Waals surface area (Å²) in [6.07, 6.45) is 6.37. The van der Waals surface area contributed by atoms with E-state index in [0.29, 0.717) is 11.5 Å². The highest BCUT2D eigenvalue weighted by molar-refractivity contribution is 5.89. The molecule has 0 amide bonds. The second-order valence-corrected chi connectivity index (χ2v) is 8.12. The molecule has 5 rings (SSSR count). The van der Waals surface area contributed by atoms with Crippen LogP contribution in [0.2, 0.25) is 0 Å². The Morgan fingerprint density at radius 1 is 1.30 bits per heavy atom. The van der Waals surface area contributed by atoms with Crippen molar-refractivity contribution in [3.8, 4) is 11.8 Å². The number of fused-ring (bicyclic) bond motifs is 2. The van der Waals surface area contributed by atoms with Crippen molar-refractivity contribution in [1.82, 2.24) is 20.1 Å². The number of hydrogen-bond donors (Lipinski definition) is 2. The first-order valence-corrected chi connectivity index (χ1v) is 10.4. The van der Waals surface area contributed by atoms with Crippen molar-refractivity contribution in [2.45, 2.75) is 25.8 Å². The van der Waals surface area contributed by atoms with Crippen LogP contribution in [-0.4, -0.2) is 35.0 Å². The third-order valence-electron chi connectivity index (χ3n) is 6.28. The number of H-pyrrole nitrogens is 1. The summed E-state index contributed by atoms with van der Waals surface area (Å²) in [4.78, 5) is 3.39. The molecule has 1 fully saturated rings. The van der Waals surface area contributed by atoms with Crippen molar-refractivity contribution in [2.75, 3.05) is 20.2 Å². The Kier molecular flexibility index (Phi) is 4.68. The fraction of sp³-hybridized carbons (Fsp3) is 0.333. The Labute approximate surface area is 175 Å². The summed E-state index contributed by atoms with van der Waals surface area (Å²) >= 11 is 0. The van der Waals surface area contributed by atoms with Gasteiger partial charge in [-0.05, 0) is 68.1 Å². The van der Waals surface area contributed by atoms with Gasteiger partial charge in [0.1, 0.15) is 5.75 Å². The van der Waals surface area contributed by atoms with E-state index in [0.717, 1.165) is 48.1 Å². The first-order chi connectivity index (χ1) is 14.7. The molecule has 2 aromatic heterocycles. The highest BCUT2D eigenvalue weighted by atomic mass is 16.5. The second kappa shape index (κ2) is 7.51. The van der Waals surface area contributed by atoms with Crippen LogP contribution in [0.5, 0.6) is 5.75 Å². The monoisotopic (exact) mass is 399 g/mol. The molecule has 0 bridgehead atoms. The highest BCUT2D eigenvalue weighted by Gasteiger charge is 2.32. The van der Waals surface area contributed by atoms with Crippen LogP contribution in [0.3, 0.4) is 0 Å². The van der Waals surface area contributed by atoms with Crippen molar-refractivity contribution in [3.05, 3.63) is 59.4 Å². The molecule has 0 radical (unpaired) electrons. The average Bonchev–Trinajstić information content (AvgIpc) is 3.43. The number of aromatic amines is 1. The minimum atomic E-state index is 0.0320. The predicted octanol–water partition coefficient (Wildman–Crippen LogP) is 4.30. The average molecular weight is 399 g/mol. The van der Waals surface area contributed by atoms with E-state index >= 15 is 0 Å². The van der Waals surface area contributed by atoms with Crippen molar-refractivity contribution < 1.29 is 4.74 Å². The molecule has 1 aliphatic rings. The van der Waals surface area contributed by atoms with Crippen LogP contribution < -0.4 is 10.1 Å². The van der Waals surface area contributed by atoms with Gasteiger partial charge in [0, 0.05) is 40.8 Å². The molecule has 4 aromatic rings. The van der Waals surface area contributed by atoms with E-state index in [-0.39, 0.29) is 6.04 Å². The third kappa shape index (κ3) is 3.03. The Morgan fingerprint density at radius 2 is 2.20 bits per heavy atom. The smallest absolute Gasteiger partial charge is 0.125 e. The lowest BCUT2D eigenvalue weighted by molar-refractivity contribution is 0.277. The Balaban J connectivity index is 1.75. The number of nitrogens with zero attached hydrogens (tertiary/aromatic N) is 3. The third-order valence-corrected chi connectivity index (χ3v) is 6.28. The zero-order valence-corrected chi connectivity index (χ0v) is 17.3. The zero-order valence-electron chi connectivity index (χ0n) is 17.3. The van der Waals surface area contributed by atoms with Gasteiger partial charge in [-0.15, -0.1) is 0 Å². The fourth-order valence-corrected chi connectivity index (χ4v) is 4.85. The van der Waals surface area contributed by atoms with Gasteiger partial charge in [-0.2, -0.15) is 10.4 Å². The standard InChI is InChI=1S/C24H25N5O/c1-15-10-21(30-2)22(19-7-9-27-23(15)19)24(17-4-3-8-26-13-17)29-14-18-6-5-16(12-25)11-20(18)28-29/h5-7,9-11,14,17,24,26-27H,3-4,8,13H2,1-2H3. The maximum atomic E-state index is 9.27. The lowest BCUT2D eigenvalue weighted by Crippen LogP contribution is -2.36. The summed E-state index contributed by atoms with van der Waals surface area (Å²) in [5.41, 5.74) is 4.95. The number of rotatable bonds is 4. The number of aryl methyl sites for hydroxylation is 1. The first kappa shape index (κ1) is 18.7. The number of nitrogens with one attached hydrogen (secondary N) is 2. The molecule has 6 nitrogen and oxygen atoms in total. The number of piperidine rings is 1. The van der Waals surface area contributed by atoms with Crippen molar-refractivity contribution in [3.63, 3.8) is 0 Å². The minimum absolute atomic E-state index is 0.0320. The molecular formula is C24H25N5O. The van der Waals surface area contributed by atoms with Gasteiger partial charge in [0.2, 0.25) is 0 Å². The number of nitriles is 1. The molecule has 152 valence electrons. The van der Waals surface area contributed by atoms with Crippen LogP contribution in [0.1, 0.15) is 35.6 Å². The summed E-state index contributed by atoms with van der Waals surface area (Å²) in [6, 6.07) is 12.2. The molecule has 2 N–H and O–H groups in total. The van der Waals surface area contributed by atoms with E-state index in [4.69, 9.17) is 9.84 Å². The summed E-state index contributed by atoms with van der Waals surface area (Å²) < 4.78 is 7.98.